The minimum absolute atomic E-state index is 0.263. The number of esters is 1. The Labute approximate surface area is 109 Å². The topological polar surface area (TPSA) is 125 Å². The van der Waals surface area contributed by atoms with Crippen molar-refractivity contribution < 1.29 is 19.1 Å². The van der Waals surface area contributed by atoms with Gasteiger partial charge >= 0.3 is 12.0 Å². The van der Waals surface area contributed by atoms with Gasteiger partial charge in [-0.25, -0.2) is 9.59 Å². The number of ether oxygens (including phenoxy) is 1. The third-order valence-corrected chi connectivity index (χ3v) is 2.38. The van der Waals surface area contributed by atoms with Crippen LogP contribution in [0, 0.1) is 6.92 Å². The number of primary amides is 1. The second-order valence-corrected chi connectivity index (χ2v) is 3.98. The van der Waals surface area contributed by atoms with Crippen LogP contribution in [0.2, 0.25) is 0 Å². The number of hydrogen-bond acceptors (Lipinski definition) is 5. The summed E-state index contributed by atoms with van der Waals surface area (Å²) >= 11 is 0. The molecule has 3 amide bonds. The average molecular weight is 265 g/mol. The van der Waals surface area contributed by atoms with Crippen LogP contribution in [-0.4, -0.2) is 24.0 Å². The SMILES string of the molecule is Cc1ccc(N)cc1C(=O)OC(C)C(=O)NC(N)=O. The third kappa shape index (κ3) is 3.98. The first kappa shape index (κ1) is 14.5. The molecule has 0 bridgehead atoms. The monoisotopic (exact) mass is 265 g/mol. The molecule has 1 rings (SSSR count). The number of amides is 3. The van der Waals surface area contributed by atoms with E-state index in [1.54, 1.807) is 19.1 Å². The molecule has 7 nitrogen and oxygen atoms in total. The standard InChI is InChI=1S/C12H15N3O4/c1-6-3-4-8(13)5-9(6)11(17)19-7(2)10(16)15-12(14)18/h3-5,7H,13H2,1-2H3,(H3,14,15,16,18). The van der Waals surface area contributed by atoms with Crippen LogP contribution in [0.25, 0.3) is 0 Å². The second kappa shape index (κ2) is 5.85. The summed E-state index contributed by atoms with van der Waals surface area (Å²) in [5.74, 6) is -1.49. The third-order valence-electron chi connectivity index (χ3n) is 2.38. The first-order chi connectivity index (χ1) is 8.81. The van der Waals surface area contributed by atoms with Gasteiger partial charge in [-0.05, 0) is 31.5 Å². The summed E-state index contributed by atoms with van der Waals surface area (Å²) in [6, 6.07) is 3.76. The van der Waals surface area contributed by atoms with Crippen molar-refractivity contribution in [3.8, 4) is 0 Å². The van der Waals surface area contributed by atoms with E-state index in [-0.39, 0.29) is 5.56 Å². The molecule has 0 saturated carbocycles. The summed E-state index contributed by atoms with van der Waals surface area (Å²) in [5, 5.41) is 1.82. The number of aryl methyl sites for hydroxylation is 1. The molecule has 0 spiro atoms. The molecule has 19 heavy (non-hydrogen) atoms. The van der Waals surface area contributed by atoms with Crippen molar-refractivity contribution in [2.75, 3.05) is 5.73 Å². The summed E-state index contributed by atoms with van der Waals surface area (Å²) in [6.07, 6.45) is -1.14. The molecule has 0 aromatic heterocycles. The largest absolute Gasteiger partial charge is 0.449 e. The van der Waals surface area contributed by atoms with Crippen LogP contribution in [-0.2, 0) is 9.53 Å². The maximum absolute atomic E-state index is 11.8. The lowest BCUT2D eigenvalue weighted by atomic mass is 10.1. The molecule has 1 aromatic rings. The Balaban J connectivity index is 2.77. The average Bonchev–Trinajstić information content (AvgIpc) is 2.31. The van der Waals surface area contributed by atoms with Crippen molar-refractivity contribution >= 4 is 23.6 Å². The summed E-state index contributed by atoms with van der Waals surface area (Å²) in [7, 11) is 0. The lowest BCUT2D eigenvalue weighted by Gasteiger charge is -2.13. The zero-order valence-electron chi connectivity index (χ0n) is 10.6. The molecular weight excluding hydrogens is 250 g/mol. The Morgan fingerprint density at radius 1 is 1.32 bits per heavy atom. The predicted molar refractivity (Wildman–Crippen MR) is 68.2 cm³/mol. The van der Waals surface area contributed by atoms with Crippen LogP contribution in [0.4, 0.5) is 10.5 Å². The highest BCUT2D eigenvalue weighted by atomic mass is 16.5. The molecule has 102 valence electrons. The highest BCUT2D eigenvalue weighted by Gasteiger charge is 2.21. The van der Waals surface area contributed by atoms with Gasteiger partial charge in [0.2, 0.25) is 0 Å². The Morgan fingerprint density at radius 3 is 2.53 bits per heavy atom. The molecule has 5 N–H and O–H groups in total. The number of nitrogens with one attached hydrogen (secondary N) is 1. The number of nitrogens with two attached hydrogens (primary N) is 2. The quantitative estimate of drug-likeness (QED) is 0.536. The predicted octanol–water partition coefficient (Wildman–Crippen LogP) is 0.317. The maximum atomic E-state index is 11.8. The van der Waals surface area contributed by atoms with E-state index >= 15 is 0 Å². The summed E-state index contributed by atoms with van der Waals surface area (Å²) in [4.78, 5) is 33.7. The second-order valence-electron chi connectivity index (χ2n) is 3.98. The summed E-state index contributed by atoms with van der Waals surface area (Å²) in [5.41, 5.74) is 11.7. The highest BCUT2D eigenvalue weighted by Crippen LogP contribution is 2.14. The van der Waals surface area contributed by atoms with E-state index in [4.69, 9.17) is 16.2 Å². The fourth-order valence-electron chi connectivity index (χ4n) is 1.36. The molecule has 1 aromatic carbocycles. The first-order valence-electron chi connectivity index (χ1n) is 5.48. The number of benzene rings is 1. The zero-order valence-corrected chi connectivity index (χ0v) is 10.6. The fourth-order valence-corrected chi connectivity index (χ4v) is 1.36. The maximum Gasteiger partial charge on any atom is 0.339 e. The molecule has 0 aliphatic carbocycles. The molecule has 0 saturated heterocycles. The number of rotatable bonds is 3. The van der Waals surface area contributed by atoms with Gasteiger partial charge in [-0.2, -0.15) is 0 Å². The van der Waals surface area contributed by atoms with Gasteiger partial charge in [0.25, 0.3) is 5.91 Å². The van der Waals surface area contributed by atoms with E-state index < -0.39 is 24.0 Å². The number of nitrogen functional groups attached to an aromatic ring is 1. The van der Waals surface area contributed by atoms with Gasteiger partial charge in [0.05, 0.1) is 5.56 Å². The molecule has 1 unspecified atom stereocenters. The van der Waals surface area contributed by atoms with Gasteiger partial charge in [-0.15, -0.1) is 0 Å². The molecular formula is C12H15N3O4. The number of urea groups is 1. The minimum atomic E-state index is -1.14. The fraction of sp³-hybridized carbons (Fsp3) is 0.250. The molecule has 0 radical (unpaired) electrons. The van der Waals surface area contributed by atoms with Crippen molar-refractivity contribution in [1.29, 1.82) is 0 Å². The van der Waals surface area contributed by atoms with Crippen LogP contribution in [0.5, 0.6) is 0 Å². The first-order valence-corrected chi connectivity index (χ1v) is 5.48. The number of carbonyl (C=O) groups is 3. The highest BCUT2D eigenvalue weighted by molar-refractivity contribution is 5.98. The normalized spacial score (nSPS) is 11.5. The van der Waals surface area contributed by atoms with Gasteiger partial charge in [-0.3, -0.25) is 10.1 Å². The smallest absolute Gasteiger partial charge is 0.339 e. The van der Waals surface area contributed by atoms with E-state index in [0.717, 1.165) is 0 Å². The van der Waals surface area contributed by atoms with E-state index in [2.05, 4.69) is 0 Å². The minimum Gasteiger partial charge on any atom is -0.449 e. The number of imide groups is 1. The van der Waals surface area contributed by atoms with Gasteiger partial charge < -0.3 is 16.2 Å². The van der Waals surface area contributed by atoms with E-state index in [1.807, 2.05) is 5.32 Å². The lowest BCUT2D eigenvalue weighted by Crippen LogP contribution is -2.42. The summed E-state index contributed by atoms with van der Waals surface area (Å²) in [6.45, 7) is 3.04. The van der Waals surface area contributed by atoms with Crippen LogP contribution >= 0.6 is 0 Å². The van der Waals surface area contributed by atoms with Gasteiger partial charge in [0.1, 0.15) is 0 Å². The van der Waals surface area contributed by atoms with Gasteiger partial charge in [0.15, 0.2) is 6.10 Å². The van der Waals surface area contributed by atoms with E-state index in [9.17, 15) is 14.4 Å². The number of hydrogen-bond donors (Lipinski definition) is 3. The van der Waals surface area contributed by atoms with Crippen molar-refractivity contribution in [2.24, 2.45) is 5.73 Å². The molecule has 1 atom stereocenters. The molecule has 0 fully saturated rings. The Hall–Kier alpha value is -2.57. The van der Waals surface area contributed by atoms with E-state index in [1.165, 1.54) is 13.0 Å². The van der Waals surface area contributed by atoms with E-state index in [0.29, 0.717) is 11.3 Å². The molecule has 0 aliphatic heterocycles. The molecule has 0 heterocycles. The van der Waals surface area contributed by atoms with Crippen molar-refractivity contribution in [2.45, 2.75) is 20.0 Å². The number of anilines is 1. The molecule has 7 heteroatoms. The zero-order chi connectivity index (χ0) is 14.6. The Morgan fingerprint density at radius 2 is 1.95 bits per heavy atom. The van der Waals surface area contributed by atoms with Gasteiger partial charge in [0, 0.05) is 5.69 Å². The Bertz CT molecular complexity index is 528. The van der Waals surface area contributed by atoms with Crippen LogP contribution in [0.15, 0.2) is 18.2 Å². The van der Waals surface area contributed by atoms with Gasteiger partial charge in [-0.1, -0.05) is 6.07 Å². The van der Waals surface area contributed by atoms with Crippen molar-refractivity contribution in [3.63, 3.8) is 0 Å². The molecule has 0 aliphatic rings. The Kier molecular flexibility index (Phi) is 4.46. The van der Waals surface area contributed by atoms with Crippen molar-refractivity contribution in [1.82, 2.24) is 5.32 Å². The van der Waals surface area contributed by atoms with Crippen LogP contribution in [0.1, 0.15) is 22.8 Å². The van der Waals surface area contributed by atoms with Crippen LogP contribution in [0.3, 0.4) is 0 Å². The summed E-state index contributed by atoms with van der Waals surface area (Å²) < 4.78 is 4.92. The van der Waals surface area contributed by atoms with Crippen molar-refractivity contribution in [3.05, 3.63) is 29.3 Å². The lowest BCUT2D eigenvalue weighted by molar-refractivity contribution is -0.127. The number of carbonyl (C=O) groups excluding carboxylic acids is 3. The van der Waals surface area contributed by atoms with Crippen LogP contribution < -0.4 is 16.8 Å².